The first-order chi connectivity index (χ1) is 10.3. The Labute approximate surface area is 132 Å². The van der Waals surface area contributed by atoms with Gasteiger partial charge in [-0.15, -0.1) is 0 Å². The Morgan fingerprint density at radius 1 is 1.05 bits per heavy atom. The lowest BCUT2D eigenvalue weighted by molar-refractivity contribution is 0.0501. The number of hydrogen-bond acceptors (Lipinski definition) is 3. The lowest BCUT2D eigenvalue weighted by atomic mass is 9.83. The van der Waals surface area contributed by atoms with Gasteiger partial charge in [0, 0.05) is 18.0 Å². The van der Waals surface area contributed by atoms with Crippen LogP contribution in [0.3, 0.4) is 0 Å². The van der Waals surface area contributed by atoms with Crippen molar-refractivity contribution in [2.24, 2.45) is 11.8 Å². The number of hydrogen-bond donors (Lipinski definition) is 2. The molecule has 2 fully saturated rings. The van der Waals surface area contributed by atoms with Crippen LogP contribution in [0.1, 0.15) is 51.4 Å². The van der Waals surface area contributed by atoms with E-state index in [1.165, 1.54) is 6.26 Å². The van der Waals surface area contributed by atoms with Gasteiger partial charge < -0.3 is 5.32 Å². The highest BCUT2D eigenvalue weighted by atomic mass is 32.2. The zero-order chi connectivity index (χ0) is 16.2. The third kappa shape index (κ3) is 5.74. The lowest BCUT2D eigenvalue weighted by Gasteiger charge is -2.34. The molecule has 7 heteroatoms. The summed E-state index contributed by atoms with van der Waals surface area (Å²) in [7, 11) is -3.18. The van der Waals surface area contributed by atoms with E-state index in [1.54, 1.807) is 0 Å². The van der Waals surface area contributed by atoms with Crippen molar-refractivity contribution in [3.63, 3.8) is 0 Å². The molecule has 2 aliphatic carbocycles. The van der Waals surface area contributed by atoms with E-state index in [2.05, 4.69) is 10.0 Å². The highest BCUT2D eigenvalue weighted by Gasteiger charge is 2.30. The summed E-state index contributed by atoms with van der Waals surface area (Å²) in [4.78, 5) is 0. The number of rotatable bonds is 6. The predicted molar refractivity (Wildman–Crippen MR) is 83.5 cm³/mol. The van der Waals surface area contributed by atoms with Crippen LogP contribution in [0.25, 0.3) is 0 Å². The van der Waals surface area contributed by atoms with Gasteiger partial charge in [0.05, 0.1) is 6.26 Å². The molecule has 2 saturated carbocycles. The minimum absolute atomic E-state index is 0.00801. The van der Waals surface area contributed by atoms with Crippen molar-refractivity contribution in [1.29, 1.82) is 0 Å². The van der Waals surface area contributed by atoms with Gasteiger partial charge in [-0.2, -0.15) is 0 Å². The molecule has 130 valence electrons. The molecule has 0 aliphatic heterocycles. The van der Waals surface area contributed by atoms with Crippen LogP contribution in [0.2, 0.25) is 0 Å². The first kappa shape index (κ1) is 18.1. The summed E-state index contributed by atoms with van der Waals surface area (Å²) in [5, 5.41) is 3.49. The van der Waals surface area contributed by atoms with Gasteiger partial charge in [-0.05, 0) is 51.0 Å². The molecule has 22 heavy (non-hydrogen) atoms. The summed E-state index contributed by atoms with van der Waals surface area (Å²) in [6.45, 7) is 0.775. The van der Waals surface area contributed by atoms with Gasteiger partial charge in [0.2, 0.25) is 16.4 Å². The average Bonchev–Trinajstić information content (AvgIpc) is 2.45. The quantitative estimate of drug-likeness (QED) is 0.782. The van der Waals surface area contributed by atoms with E-state index in [4.69, 9.17) is 0 Å². The number of sulfonamides is 1. The topological polar surface area (TPSA) is 58.2 Å². The van der Waals surface area contributed by atoms with Crippen molar-refractivity contribution >= 4 is 10.0 Å². The summed E-state index contributed by atoms with van der Waals surface area (Å²) in [6, 6.07) is 0.310. The van der Waals surface area contributed by atoms with Gasteiger partial charge in [-0.3, -0.25) is 0 Å². The van der Waals surface area contributed by atoms with Crippen LogP contribution < -0.4 is 10.0 Å². The van der Waals surface area contributed by atoms with Crippen molar-refractivity contribution in [3.8, 4) is 0 Å². The molecule has 4 nitrogen and oxygen atoms in total. The molecule has 2 unspecified atom stereocenters. The van der Waals surface area contributed by atoms with Gasteiger partial charge in [0.1, 0.15) is 0 Å². The largest absolute Gasteiger partial charge is 0.314 e. The second kappa shape index (κ2) is 8.02. The summed E-state index contributed by atoms with van der Waals surface area (Å²) < 4.78 is 50.9. The molecule has 2 aliphatic rings. The highest BCUT2D eigenvalue weighted by Crippen LogP contribution is 2.30. The molecule has 0 radical (unpaired) electrons. The molecule has 0 heterocycles. The van der Waals surface area contributed by atoms with E-state index in [-0.39, 0.29) is 6.04 Å². The molecule has 0 aromatic carbocycles. The maximum absolute atomic E-state index is 12.6. The first-order valence-corrected chi connectivity index (χ1v) is 10.2. The number of nitrogens with one attached hydrogen (secondary N) is 2. The van der Waals surface area contributed by atoms with Crippen molar-refractivity contribution in [2.45, 2.75) is 69.9 Å². The number of halogens is 2. The SMILES string of the molecule is CS(=O)(=O)NC1CCCCC1CNC1CCC(C(F)F)CC1. The van der Waals surface area contributed by atoms with Crippen LogP contribution in [-0.4, -0.2) is 39.7 Å². The fourth-order valence-corrected chi connectivity index (χ4v) is 4.64. The molecule has 0 saturated heterocycles. The Morgan fingerprint density at radius 2 is 1.68 bits per heavy atom. The predicted octanol–water partition coefficient (Wildman–Crippen LogP) is 2.51. The smallest absolute Gasteiger partial charge is 0.241 e. The van der Waals surface area contributed by atoms with E-state index in [1.807, 2.05) is 0 Å². The lowest BCUT2D eigenvalue weighted by Crippen LogP contribution is -2.47. The molecule has 2 N–H and O–H groups in total. The van der Waals surface area contributed by atoms with Crippen LogP contribution in [-0.2, 0) is 10.0 Å². The van der Waals surface area contributed by atoms with Crippen molar-refractivity contribution in [1.82, 2.24) is 10.0 Å². The van der Waals surface area contributed by atoms with Crippen molar-refractivity contribution in [3.05, 3.63) is 0 Å². The van der Waals surface area contributed by atoms with Crippen LogP contribution in [0.4, 0.5) is 8.78 Å². The summed E-state index contributed by atoms with van der Waals surface area (Å²) in [5.74, 6) is -0.135. The Hall–Kier alpha value is -0.270. The fraction of sp³-hybridized carbons (Fsp3) is 1.00. The summed E-state index contributed by atoms with van der Waals surface area (Å²) >= 11 is 0. The molecule has 0 bridgehead atoms. The van der Waals surface area contributed by atoms with Gasteiger partial charge >= 0.3 is 0 Å². The first-order valence-electron chi connectivity index (χ1n) is 8.34. The van der Waals surface area contributed by atoms with Crippen molar-refractivity contribution in [2.75, 3.05) is 12.8 Å². The van der Waals surface area contributed by atoms with Gasteiger partial charge in [0.15, 0.2) is 0 Å². The van der Waals surface area contributed by atoms with Crippen LogP contribution in [0.15, 0.2) is 0 Å². The van der Waals surface area contributed by atoms with E-state index in [9.17, 15) is 17.2 Å². The minimum Gasteiger partial charge on any atom is -0.314 e. The Bertz CT molecular complexity index is 437. The molecular weight excluding hydrogens is 310 g/mol. The van der Waals surface area contributed by atoms with E-state index < -0.39 is 22.4 Å². The van der Waals surface area contributed by atoms with Gasteiger partial charge in [-0.25, -0.2) is 21.9 Å². The third-order valence-electron chi connectivity index (χ3n) is 5.07. The monoisotopic (exact) mass is 338 g/mol. The second-order valence-corrected chi connectivity index (χ2v) is 8.68. The van der Waals surface area contributed by atoms with Gasteiger partial charge in [0.25, 0.3) is 0 Å². The Morgan fingerprint density at radius 3 is 2.27 bits per heavy atom. The van der Waals surface area contributed by atoms with E-state index in [0.717, 1.165) is 45.1 Å². The van der Waals surface area contributed by atoms with Gasteiger partial charge in [-0.1, -0.05) is 12.8 Å². The molecular formula is C15H28F2N2O2S. The molecule has 2 atom stereocenters. The standard InChI is InChI=1S/C15H28F2N2O2S/c1-22(20,21)19-14-5-3-2-4-12(14)10-18-13-8-6-11(7-9-13)15(16)17/h11-15,18-19H,2-10H2,1H3. The fourth-order valence-electron chi connectivity index (χ4n) is 3.78. The maximum Gasteiger partial charge on any atom is 0.241 e. The maximum atomic E-state index is 12.6. The van der Waals surface area contributed by atoms with Crippen LogP contribution in [0.5, 0.6) is 0 Å². The molecule has 0 spiro atoms. The Kier molecular flexibility index (Phi) is 6.58. The van der Waals surface area contributed by atoms with Crippen LogP contribution in [0, 0.1) is 11.8 Å². The third-order valence-corrected chi connectivity index (χ3v) is 5.80. The number of alkyl halides is 2. The molecule has 0 aromatic rings. The summed E-state index contributed by atoms with van der Waals surface area (Å²) in [6.07, 6.45) is 5.88. The van der Waals surface area contributed by atoms with E-state index >= 15 is 0 Å². The van der Waals surface area contributed by atoms with E-state index in [0.29, 0.717) is 24.8 Å². The highest BCUT2D eigenvalue weighted by molar-refractivity contribution is 7.88. The van der Waals surface area contributed by atoms with Crippen molar-refractivity contribution < 1.29 is 17.2 Å². The average molecular weight is 338 g/mol. The molecule has 0 amide bonds. The van der Waals surface area contributed by atoms with Crippen LogP contribution >= 0.6 is 0 Å². The normalized spacial score (nSPS) is 34.0. The summed E-state index contributed by atoms with van der Waals surface area (Å²) in [5.41, 5.74) is 0. The minimum atomic E-state index is -3.18. The molecule has 2 rings (SSSR count). The Balaban J connectivity index is 1.77. The zero-order valence-electron chi connectivity index (χ0n) is 13.2. The zero-order valence-corrected chi connectivity index (χ0v) is 14.0. The molecule has 0 aromatic heterocycles. The second-order valence-electron chi connectivity index (χ2n) is 6.90.